The van der Waals surface area contributed by atoms with Crippen molar-refractivity contribution in [3.05, 3.63) is 40.5 Å². The Labute approximate surface area is 153 Å². The second-order valence-electron chi connectivity index (χ2n) is 5.33. The summed E-state index contributed by atoms with van der Waals surface area (Å²) in [5.41, 5.74) is 7.41. The smallest absolute Gasteiger partial charge is 0.217 e. The number of carbonyl (C=O) groups excluding carboxylic acids is 1. The molecule has 124 valence electrons. The Morgan fingerprint density at radius 3 is 2.75 bits per heavy atom. The molecule has 7 heteroatoms. The Balaban J connectivity index is 1.96. The van der Waals surface area contributed by atoms with E-state index in [4.69, 9.17) is 17.3 Å². The van der Waals surface area contributed by atoms with Crippen molar-refractivity contribution in [3.8, 4) is 11.1 Å². The van der Waals surface area contributed by atoms with Gasteiger partial charge in [0.25, 0.3) is 0 Å². The van der Waals surface area contributed by atoms with E-state index < -0.39 is 0 Å². The molecule has 2 N–H and O–H groups in total. The van der Waals surface area contributed by atoms with Gasteiger partial charge in [0.05, 0.1) is 5.39 Å². The molecule has 3 aromatic rings. The predicted octanol–water partition coefficient (Wildman–Crippen LogP) is 4.68. The van der Waals surface area contributed by atoms with Crippen molar-refractivity contribution in [2.45, 2.75) is 24.8 Å². The quantitative estimate of drug-likeness (QED) is 0.384. The Kier molecular flexibility index (Phi) is 5.38. The average molecular weight is 378 g/mol. The summed E-state index contributed by atoms with van der Waals surface area (Å²) < 4.78 is 0. The third kappa shape index (κ3) is 3.88. The summed E-state index contributed by atoms with van der Waals surface area (Å²) in [6.07, 6.45) is 1.14. The molecule has 0 bridgehead atoms. The lowest BCUT2D eigenvalue weighted by Gasteiger charge is -2.06. The molecule has 0 aliphatic heterocycles. The number of hydrogen-bond acceptors (Lipinski definition) is 5. The summed E-state index contributed by atoms with van der Waals surface area (Å²) in [4.78, 5) is 21.0. The van der Waals surface area contributed by atoms with Crippen LogP contribution in [0.5, 0.6) is 0 Å². The molecule has 0 saturated heterocycles. The van der Waals surface area contributed by atoms with E-state index in [-0.39, 0.29) is 5.91 Å². The molecule has 3 rings (SSSR count). The molecule has 0 aliphatic carbocycles. The molecule has 0 aliphatic rings. The fourth-order valence-electron chi connectivity index (χ4n) is 2.37. The topological polar surface area (TPSA) is 68.9 Å². The van der Waals surface area contributed by atoms with E-state index in [0.717, 1.165) is 44.4 Å². The molecule has 1 aromatic carbocycles. The van der Waals surface area contributed by atoms with Crippen LogP contribution in [0.3, 0.4) is 0 Å². The van der Waals surface area contributed by atoms with Gasteiger partial charge in [-0.25, -0.2) is 9.97 Å². The Morgan fingerprint density at radius 2 is 2.04 bits per heavy atom. The maximum atomic E-state index is 10.9. The fourth-order valence-corrected chi connectivity index (χ4v) is 4.59. The van der Waals surface area contributed by atoms with Gasteiger partial charge >= 0.3 is 0 Å². The van der Waals surface area contributed by atoms with Gasteiger partial charge in [0, 0.05) is 28.1 Å². The van der Waals surface area contributed by atoms with Gasteiger partial charge in [-0.3, -0.25) is 4.79 Å². The highest BCUT2D eigenvalue weighted by Crippen LogP contribution is 2.38. The summed E-state index contributed by atoms with van der Waals surface area (Å²) in [7, 11) is 0. The molecule has 0 unspecified atom stereocenters. The van der Waals surface area contributed by atoms with Crippen LogP contribution in [-0.4, -0.2) is 21.6 Å². The number of primary amides is 1. The van der Waals surface area contributed by atoms with Gasteiger partial charge in [-0.2, -0.15) is 0 Å². The average Bonchev–Trinajstić information content (AvgIpc) is 2.95. The lowest BCUT2D eigenvalue weighted by Crippen LogP contribution is -2.10. The zero-order chi connectivity index (χ0) is 17.1. The molecule has 0 saturated carbocycles. The Hall–Kier alpha value is -1.63. The van der Waals surface area contributed by atoms with Crippen LogP contribution in [0, 0.1) is 6.92 Å². The zero-order valence-corrected chi connectivity index (χ0v) is 15.5. The number of benzene rings is 1. The first-order valence-electron chi connectivity index (χ1n) is 7.47. The van der Waals surface area contributed by atoms with Crippen LogP contribution in [0.1, 0.15) is 18.7 Å². The van der Waals surface area contributed by atoms with E-state index in [9.17, 15) is 4.79 Å². The number of amides is 1. The predicted molar refractivity (Wildman–Crippen MR) is 102 cm³/mol. The van der Waals surface area contributed by atoms with Crippen molar-refractivity contribution in [3.63, 3.8) is 0 Å². The summed E-state index contributed by atoms with van der Waals surface area (Å²) in [5.74, 6) is 1.28. The third-order valence-electron chi connectivity index (χ3n) is 3.47. The van der Waals surface area contributed by atoms with Crippen molar-refractivity contribution in [2.75, 3.05) is 5.75 Å². The summed E-state index contributed by atoms with van der Waals surface area (Å²) in [5, 5.41) is 4.84. The number of carbonyl (C=O) groups is 1. The molecular weight excluding hydrogens is 362 g/mol. The molecule has 0 radical (unpaired) electrons. The highest BCUT2D eigenvalue weighted by Gasteiger charge is 2.14. The number of nitrogens with two attached hydrogens (primary N) is 1. The number of thiophene rings is 1. The number of halogens is 1. The van der Waals surface area contributed by atoms with Crippen LogP contribution in [0.25, 0.3) is 21.3 Å². The highest BCUT2D eigenvalue weighted by atomic mass is 35.5. The van der Waals surface area contributed by atoms with Crippen molar-refractivity contribution in [2.24, 2.45) is 5.73 Å². The molecule has 24 heavy (non-hydrogen) atoms. The summed E-state index contributed by atoms with van der Waals surface area (Å²) in [6.45, 7) is 1.90. The highest BCUT2D eigenvalue weighted by molar-refractivity contribution is 7.99. The maximum absolute atomic E-state index is 10.9. The minimum atomic E-state index is -0.267. The number of aryl methyl sites for hydroxylation is 1. The van der Waals surface area contributed by atoms with E-state index in [2.05, 4.69) is 15.3 Å². The zero-order valence-electron chi connectivity index (χ0n) is 13.1. The molecule has 1 amide bonds. The number of hydrogen-bond donors (Lipinski definition) is 1. The van der Waals surface area contributed by atoms with Gasteiger partial charge in [-0.05, 0) is 31.0 Å². The Morgan fingerprint density at radius 1 is 1.29 bits per heavy atom. The second-order valence-corrected chi connectivity index (χ2v) is 7.71. The van der Waals surface area contributed by atoms with Crippen LogP contribution in [0.15, 0.2) is 34.7 Å². The summed E-state index contributed by atoms with van der Waals surface area (Å²) in [6, 6.07) is 7.78. The van der Waals surface area contributed by atoms with E-state index in [1.54, 1.807) is 23.1 Å². The Bertz CT molecular complexity index is 877. The van der Waals surface area contributed by atoms with Gasteiger partial charge in [0.15, 0.2) is 0 Å². The van der Waals surface area contributed by atoms with Crippen molar-refractivity contribution < 1.29 is 4.79 Å². The summed E-state index contributed by atoms with van der Waals surface area (Å²) >= 11 is 9.25. The molecular formula is C17H16ClN3OS2. The molecule has 0 fully saturated rings. The van der Waals surface area contributed by atoms with Crippen LogP contribution in [-0.2, 0) is 4.79 Å². The molecule has 0 spiro atoms. The lowest BCUT2D eigenvalue weighted by atomic mass is 10.1. The van der Waals surface area contributed by atoms with Gasteiger partial charge in [0.2, 0.25) is 5.91 Å². The number of nitrogens with zero attached hydrogens (tertiary/aromatic N) is 2. The molecule has 2 heterocycles. The first kappa shape index (κ1) is 17.2. The van der Waals surface area contributed by atoms with E-state index in [1.165, 1.54) is 0 Å². The largest absolute Gasteiger partial charge is 0.370 e. The van der Waals surface area contributed by atoms with Crippen LogP contribution in [0.4, 0.5) is 0 Å². The molecule has 4 nitrogen and oxygen atoms in total. The van der Waals surface area contributed by atoms with Crippen molar-refractivity contribution >= 4 is 50.8 Å². The van der Waals surface area contributed by atoms with Gasteiger partial charge in [-0.1, -0.05) is 23.7 Å². The van der Waals surface area contributed by atoms with Crippen molar-refractivity contribution in [1.29, 1.82) is 0 Å². The number of aromatic nitrogens is 2. The van der Waals surface area contributed by atoms with E-state index >= 15 is 0 Å². The number of rotatable bonds is 6. The number of fused-ring (bicyclic) bond motifs is 1. The van der Waals surface area contributed by atoms with E-state index in [0.29, 0.717) is 11.4 Å². The van der Waals surface area contributed by atoms with Gasteiger partial charge in [-0.15, -0.1) is 23.1 Å². The normalized spacial score (nSPS) is 11.1. The minimum Gasteiger partial charge on any atom is -0.370 e. The third-order valence-corrected chi connectivity index (χ3v) is 5.66. The second kappa shape index (κ2) is 7.51. The van der Waals surface area contributed by atoms with Gasteiger partial charge in [0.1, 0.15) is 15.7 Å². The maximum Gasteiger partial charge on any atom is 0.217 e. The molecule has 0 atom stereocenters. The van der Waals surface area contributed by atoms with Gasteiger partial charge < -0.3 is 5.73 Å². The first-order chi connectivity index (χ1) is 11.5. The number of thioether (sulfide) groups is 1. The van der Waals surface area contributed by atoms with Crippen LogP contribution < -0.4 is 5.73 Å². The standard InChI is InChI=1S/C17H16ClN3OS2/c1-10-20-16(23-8-2-3-14(19)22)15-13(9-24-17(15)21-10)11-4-6-12(18)7-5-11/h4-7,9H,2-3,8H2,1H3,(H2,19,22). The fraction of sp³-hybridized carbons (Fsp3) is 0.235. The minimum absolute atomic E-state index is 0.267. The van der Waals surface area contributed by atoms with Crippen LogP contribution >= 0.6 is 34.7 Å². The molecule has 2 aromatic heterocycles. The van der Waals surface area contributed by atoms with E-state index in [1.807, 2.05) is 31.2 Å². The van der Waals surface area contributed by atoms with Crippen molar-refractivity contribution in [1.82, 2.24) is 9.97 Å². The van der Waals surface area contributed by atoms with Crippen LogP contribution in [0.2, 0.25) is 5.02 Å². The SMILES string of the molecule is Cc1nc(SCCCC(N)=O)c2c(-c3ccc(Cl)cc3)csc2n1. The first-order valence-corrected chi connectivity index (χ1v) is 9.72. The lowest BCUT2D eigenvalue weighted by molar-refractivity contribution is -0.118. The monoisotopic (exact) mass is 377 g/mol.